The Kier molecular flexibility index (Phi) is 6.53. The van der Waals surface area contributed by atoms with E-state index >= 15 is 0 Å². The molecule has 0 fully saturated rings. The van der Waals surface area contributed by atoms with Crippen LogP contribution in [-0.4, -0.2) is 33.1 Å². The molecule has 0 unspecified atom stereocenters. The monoisotopic (exact) mass is 510 g/mol. The van der Waals surface area contributed by atoms with Crippen molar-refractivity contribution >= 4 is 33.9 Å². The molecule has 0 radical (unpaired) electrons. The third kappa shape index (κ3) is 4.37. The minimum absolute atomic E-state index is 0.0109. The van der Waals surface area contributed by atoms with Crippen LogP contribution in [0.25, 0.3) is 16.9 Å². The number of amides is 1. The lowest BCUT2D eigenvalue weighted by molar-refractivity contribution is 0.0526. The van der Waals surface area contributed by atoms with Gasteiger partial charge in [-0.1, -0.05) is 37.3 Å². The van der Waals surface area contributed by atoms with Crippen molar-refractivity contribution in [3.8, 4) is 11.3 Å². The van der Waals surface area contributed by atoms with Gasteiger partial charge in [0.25, 0.3) is 12.3 Å². The highest BCUT2D eigenvalue weighted by molar-refractivity contribution is 7.17. The summed E-state index contributed by atoms with van der Waals surface area (Å²) in [6, 6.07) is 10.2. The van der Waals surface area contributed by atoms with E-state index in [1.54, 1.807) is 31.2 Å². The molecule has 1 aromatic carbocycles. The molecule has 3 aromatic heterocycles. The van der Waals surface area contributed by atoms with Gasteiger partial charge in [-0.25, -0.2) is 23.1 Å². The van der Waals surface area contributed by atoms with E-state index in [9.17, 15) is 18.4 Å². The average molecular weight is 511 g/mol. The van der Waals surface area contributed by atoms with Crippen molar-refractivity contribution in [3.05, 3.63) is 69.9 Å². The van der Waals surface area contributed by atoms with Crippen LogP contribution >= 0.6 is 11.3 Å². The maximum Gasteiger partial charge on any atom is 0.341 e. The number of alkyl halides is 2. The van der Waals surface area contributed by atoms with E-state index in [1.807, 2.05) is 6.07 Å². The van der Waals surface area contributed by atoms with E-state index in [1.165, 1.54) is 23.6 Å². The van der Waals surface area contributed by atoms with E-state index in [0.29, 0.717) is 27.7 Å². The number of esters is 1. The van der Waals surface area contributed by atoms with Gasteiger partial charge in [-0.05, 0) is 43.7 Å². The zero-order chi connectivity index (χ0) is 25.4. The Bertz CT molecular complexity index is 1450. The summed E-state index contributed by atoms with van der Waals surface area (Å²) in [7, 11) is 0. The Morgan fingerprint density at radius 2 is 2.06 bits per heavy atom. The molecule has 3 heterocycles. The molecule has 1 atom stereocenters. The number of thiophene rings is 1. The number of carbonyl (C=O) groups is 2. The number of hydrogen-bond acceptors (Lipinski definition) is 6. The van der Waals surface area contributed by atoms with Crippen molar-refractivity contribution in [1.29, 1.82) is 0 Å². The minimum atomic E-state index is -2.82. The fourth-order valence-electron chi connectivity index (χ4n) is 4.49. The lowest BCUT2D eigenvalue weighted by Gasteiger charge is -2.18. The predicted molar refractivity (Wildman–Crippen MR) is 133 cm³/mol. The molecular formula is C26H24F2N4O3S. The number of halogens is 2. The molecule has 1 aliphatic carbocycles. The van der Waals surface area contributed by atoms with E-state index < -0.39 is 18.3 Å². The van der Waals surface area contributed by atoms with Gasteiger partial charge in [-0.3, -0.25) is 4.79 Å². The lowest BCUT2D eigenvalue weighted by atomic mass is 9.88. The van der Waals surface area contributed by atoms with Crippen molar-refractivity contribution < 1.29 is 23.1 Å². The second-order valence-electron chi connectivity index (χ2n) is 8.76. The van der Waals surface area contributed by atoms with Gasteiger partial charge in [0, 0.05) is 10.4 Å². The molecule has 10 heteroatoms. The highest BCUT2D eigenvalue weighted by atomic mass is 32.1. The standard InChI is InChI=1S/C26H24F2N4O3S/c1-3-35-26(34)21-16-10-9-14(2)11-20(16)36-25(21)31-24(33)17-13-29-32-19(22(27)28)12-18(30-23(17)32)15-7-5-4-6-8-15/h4-8,12-14,22H,3,9-11H2,1-2H3,(H,31,33)/t14-/m0/s1. The Hall–Kier alpha value is -3.66. The second-order valence-corrected chi connectivity index (χ2v) is 9.86. The molecule has 5 rings (SSSR count). The SMILES string of the molecule is CCOC(=O)c1c(NC(=O)c2cnn3c(C(F)F)cc(-c4ccccc4)nc23)sc2c1CC[C@H](C)C2. The summed E-state index contributed by atoms with van der Waals surface area (Å²) in [5.41, 5.74) is 1.91. The molecule has 1 N–H and O–H groups in total. The van der Waals surface area contributed by atoms with Crippen LogP contribution in [0.4, 0.5) is 13.8 Å². The number of carbonyl (C=O) groups excluding carboxylic acids is 2. The van der Waals surface area contributed by atoms with Gasteiger partial charge in [-0.15, -0.1) is 11.3 Å². The lowest BCUT2D eigenvalue weighted by Crippen LogP contribution is -2.17. The quantitative estimate of drug-likeness (QED) is 0.324. The number of anilines is 1. The number of nitrogens with zero attached hydrogens (tertiary/aromatic N) is 3. The van der Waals surface area contributed by atoms with Crippen molar-refractivity contribution in [2.75, 3.05) is 11.9 Å². The Morgan fingerprint density at radius 1 is 1.28 bits per heavy atom. The summed E-state index contributed by atoms with van der Waals surface area (Å²) >= 11 is 1.36. The van der Waals surface area contributed by atoms with E-state index in [2.05, 4.69) is 22.3 Å². The molecule has 0 bridgehead atoms. The van der Waals surface area contributed by atoms with Crippen molar-refractivity contribution in [2.45, 2.75) is 39.5 Å². The van der Waals surface area contributed by atoms with Crippen LogP contribution in [0.5, 0.6) is 0 Å². The Morgan fingerprint density at radius 3 is 2.78 bits per heavy atom. The van der Waals surface area contributed by atoms with Crippen LogP contribution in [-0.2, 0) is 17.6 Å². The first kappa shape index (κ1) is 24.1. The molecule has 1 amide bonds. The van der Waals surface area contributed by atoms with Crippen molar-refractivity contribution in [2.24, 2.45) is 5.92 Å². The van der Waals surface area contributed by atoms with Crippen LogP contribution in [0.2, 0.25) is 0 Å². The Labute approximate surface area is 210 Å². The molecule has 0 saturated carbocycles. The number of hydrogen-bond donors (Lipinski definition) is 1. The fourth-order valence-corrected chi connectivity index (χ4v) is 5.88. The first-order chi connectivity index (χ1) is 17.4. The number of rotatable bonds is 6. The molecule has 0 spiro atoms. The summed E-state index contributed by atoms with van der Waals surface area (Å²) in [6.07, 6.45) is 0.889. The van der Waals surface area contributed by atoms with Gasteiger partial charge < -0.3 is 10.1 Å². The molecular weight excluding hydrogens is 486 g/mol. The van der Waals surface area contributed by atoms with E-state index in [4.69, 9.17) is 4.74 Å². The second kappa shape index (κ2) is 9.77. The van der Waals surface area contributed by atoms with Gasteiger partial charge in [0.1, 0.15) is 16.3 Å². The van der Waals surface area contributed by atoms with Crippen LogP contribution < -0.4 is 5.32 Å². The first-order valence-electron chi connectivity index (χ1n) is 11.7. The predicted octanol–water partition coefficient (Wildman–Crippen LogP) is 5.95. The van der Waals surface area contributed by atoms with E-state index in [0.717, 1.165) is 34.2 Å². The third-order valence-corrected chi connectivity index (χ3v) is 7.43. The molecule has 1 aliphatic rings. The van der Waals surface area contributed by atoms with Crippen molar-refractivity contribution in [3.63, 3.8) is 0 Å². The van der Waals surface area contributed by atoms with Gasteiger partial charge in [0.05, 0.1) is 24.1 Å². The maximum absolute atomic E-state index is 13.9. The highest BCUT2D eigenvalue weighted by Gasteiger charge is 2.30. The summed E-state index contributed by atoms with van der Waals surface area (Å²) in [6.45, 7) is 4.09. The summed E-state index contributed by atoms with van der Waals surface area (Å²) in [5.74, 6) is -0.591. The zero-order valence-corrected chi connectivity index (χ0v) is 20.6. The van der Waals surface area contributed by atoms with Crippen LogP contribution in [0, 0.1) is 5.92 Å². The summed E-state index contributed by atoms with van der Waals surface area (Å²) < 4.78 is 34.0. The minimum Gasteiger partial charge on any atom is -0.462 e. The molecule has 0 saturated heterocycles. The number of aromatic nitrogens is 3. The smallest absolute Gasteiger partial charge is 0.341 e. The third-order valence-electron chi connectivity index (χ3n) is 6.26. The number of ether oxygens (including phenoxy) is 1. The topological polar surface area (TPSA) is 85.6 Å². The van der Waals surface area contributed by atoms with Gasteiger partial charge in [0.2, 0.25) is 0 Å². The first-order valence-corrected chi connectivity index (χ1v) is 12.5. The average Bonchev–Trinajstić information content (AvgIpc) is 3.44. The van der Waals surface area contributed by atoms with Gasteiger partial charge in [-0.2, -0.15) is 5.10 Å². The molecule has 36 heavy (non-hydrogen) atoms. The van der Waals surface area contributed by atoms with Crippen LogP contribution in [0.3, 0.4) is 0 Å². The summed E-state index contributed by atoms with van der Waals surface area (Å²) in [5, 5.41) is 7.24. The zero-order valence-electron chi connectivity index (χ0n) is 19.8. The molecule has 186 valence electrons. The van der Waals surface area contributed by atoms with Crippen LogP contribution in [0.15, 0.2) is 42.6 Å². The van der Waals surface area contributed by atoms with E-state index in [-0.39, 0.29) is 23.5 Å². The fraction of sp³-hybridized carbons (Fsp3) is 0.308. The van der Waals surface area contributed by atoms with Crippen molar-refractivity contribution in [1.82, 2.24) is 14.6 Å². The normalized spacial score (nSPS) is 15.2. The van der Waals surface area contributed by atoms with Gasteiger partial charge in [0.15, 0.2) is 5.65 Å². The highest BCUT2D eigenvalue weighted by Crippen LogP contribution is 2.40. The summed E-state index contributed by atoms with van der Waals surface area (Å²) in [4.78, 5) is 31.7. The molecule has 0 aliphatic heterocycles. The Balaban J connectivity index is 1.57. The number of nitrogens with one attached hydrogen (secondary N) is 1. The molecule has 7 nitrogen and oxygen atoms in total. The van der Waals surface area contributed by atoms with Crippen LogP contribution in [0.1, 0.15) is 63.5 Å². The number of benzene rings is 1. The number of fused-ring (bicyclic) bond motifs is 2. The maximum atomic E-state index is 13.9. The molecule has 4 aromatic rings. The largest absolute Gasteiger partial charge is 0.462 e. The van der Waals surface area contributed by atoms with Gasteiger partial charge >= 0.3 is 5.97 Å².